The minimum Gasteiger partial charge on any atom is -0.504 e. The number of allylic oxidation sites excluding steroid dienone is 1. The molecule has 2 N–H and O–H groups in total. The minimum absolute atomic E-state index is 0.0773. The molecule has 0 saturated carbocycles. The first-order chi connectivity index (χ1) is 12.1. The van der Waals surface area contributed by atoms with Gasteiger partial charge in [-0.3, -0.25) is 5.43 Å². The Bertz CT molecular complexity index is 1010. The van der Waals surface area contributed by atoms with Crippen molar-refractivity contribution in [2.45, 2.75) is 6.54 Å². The molecule has 1 aromatic carbocycles. The van der Waals surface area contributed by atoms with Gasteiger partial charge in [-0.15, -0.1) is 6.58 Å². The van der Waals surface area contributed by atoms with Crippen molar-refractivity contribution in [2.75, 3.05) is 12.5 Å². The molecule has 0 saturated heterocycles. The van der Waals surface area contributed by atoms with Gasteiger partial charge < -0.3 is 14.4 Å². The first kappa shape index (κ1) is 17.1. The molecule has 3 rings (SSSR count). The van der Waals surface area contributed by atoms with Crippen molar-refractivity contribution >= 4 is 45.9 Å². The van der Waals surface area contributed by atoms with E-state index in [0.717, 1.165) is 15.9 Å². The van der Waals surface area contributed by atoms with Gasteiger partial charge in [-0.25, -0.2) is 9.97 Å². The number of aromatic hydroxyl groups is 1. The van der Waals surface area contributed by atoms with Gasteiger partial charge in [0.05, 0.1) is 13.3 Å². The maximum Gasteiger partial charge on any atom is 0.169 e. The number of hydrazone groups is 1. The summed E-state index contributed by atoms with van der Waals surface area (Å²) in [4.78, 5) is 8.52. The van der Waals surface area contributed by atoms with Crippen LogP contribution in [-0.4, -0.2) is 33.0 Å². The van der Waals surface area contributed by atoms with E-state index in [1.54, 1.807) is 30.5 Å². The minimum atomic E-state index is 0.0773. The second-order valence-electron chi connectivity index (χ2n) is 4.94. The smallest absolute Gasteiger partial charge is 0.169 e. The molecule has 0 atom stereocenters. The maximum atomic E-state index is 9.61. The molecule has 25 heavy (non-hydrogen) atoms. The number of ether oxygens (including phenoxy) is 1. The standard InChI is InChI=1S/C16H15N5O2S2/c1-3-6-21-15-13(25-16(21)24)14(17-9-18-15)20-19-8-10-4-5-11(22)12(7-10)23-2/h3-5,7-9,22H,1,6H2,2H3,(H,17,18,20). The summed E-state index contributed by atoms with van der Waals surface area (Å²) >= 11 is 6.78. The first-order valence-corrected chi connectivity index (χ1v) is 8.48. The van der Waals surface area contributed by atoms with Crippen molar-refractivity contribution in [3.05, 3.63) is 46.7 Å². The van der Waals surface area contributed by atoms with Crippen LogP contribution < -0.4 is 10.2 Å². The van der Waals surface area contributed by atoms with E-state index in [4.69, 9.17) is 17.0 Å². The lowest BCUT2D eigenvalue weighted by atomic mass is 10.2. The van der Waals surface area contributed by atoms with Crippen molar-refractivity contribution in [1.82, 2.24) is 14.5 Å². The summed E-state index contributed by atoms with van der Waals surface area (Å²) in [5, 5.41) is 13.8. The Morgan fingerprint density at radius 2 is 2.32 bits per heavy atom. The Balaban J connectivity index is 1.87. The van der Waals surface area contributed by atoms with Gasteiger partial charge in [-0.05, 0) is 36.0 Å². The molecule has 128 valence electrons. The highest BCUT2D eigenvalue weighted by atomic mass is 32.1. The van der Waals surface area contributed by atoms with Crippen molar-refractivity contribution < 1.29 is 9.84 Å². The van der Waals surface area contributed by atoms with Gasteiger partial charge in [0.1, 0.15) is 11.0 Å². The molecule has 2 aromatic heterocycles. The van der Waals surface area contributed by atoms with Crippen molar-refractivity contribution in [3.8, 4) is 11.5 Å². The zero-order chi connectivity index (χ0) is 17.8. The van der Waals surface area contributed by atoms with E-state index in [1.807, 2.05) is 4.57 Å². The Kier molecular flexibility index (Phi) is 5.05. The lowest BCUT2D eigenvalue weighted by Gasteiger charge is -2.04. The Morgan fingerprint density at radius 1 is 1.48 bits per heavy atom. The SMILES string of the molecule is C=CCn1c(=S)sc2c(NN=Cc3ccc(O)c(OC)c3)ncnc21. The molecule has 9 heteroatoms. The second kappa shape index (κ2) is 7.41. The molecule has 0 aliphatic carbocycles. The fraction of sp³-hybridized carbons (Fsp3) is 0.125. The highest BCUT2D eigenvalue weighted by molar-refractivity contribution is 7.73. The number of phenolic OH excluding ortho intramolecular Hbond substituents is 1. The van der Waals surface area contributed by atoms with Crippen LogP contribution in [0.4, 0.5) is 5.82 Å². The molecule has 0 unspecified atom stereocenters. The highest BCUT2D eigenvalue weighted by Crippen LogP contribution is 2.27. The van der Waals surface area contributed by atoms with Gasteiger partial charge in [0.25, 0.3) is 0 Å². The Morgan fingerprint density at radius 3 is 3.08 bits per heavy atom. The average Bonchev–Trinajstić information content (AvgIpc) is 2.93. The molecule has 7 nitrogen and oxygen atoms in total. The summed E-state index contributed by atoms with van der Waals surface area (Å²) in [6.07, 6.45) is 4.84. The zero-order valence-corrected chi connectivity index (χ0v) is 15.0. The van der Waals surface area contributed by atoms with Gasteiger partial charge in [0.2, 0.25) is 0 Å². The van der Waals surface area contributed by atoms with Gasteiger partial charge in [-0.1, -0.05) is 17.4 Å². The molecule has 0 aliphatic rings. The van der Waals surface area contributed by atoms with Gasteiger partial charge in [0.15, 0.2) is 26.9 Å². The van der Waals surface area contributed by atoms with Crippen LogP contribution in [0.2, 0.25) is 0 Å². The van der Waals surface area contributed by atoms with E-state index in [0.29, 0.717) is 22.1 Å². The summed E-state index contributed by atoms with van der Waals surface area (Å²) in [5.41, 5.74) is 4.42. The number of nitrogens with zero attached hydrogens (tertiary/aromatic N) is 4. The third kappa shape index (κ3) is 3.52. The molecule has 0 bridgehead atoms. The predicted molar refractivity (Wildman–Crippen MR) is 102 cm³/mol. The molecule has 0 fully saturated rings. The summed E-state index contributed by atoms with van der Waals surface area (Å²) in [5.74, 6) is 1.03. The van der Waals surface area contributed by atoms with Crippen LogP contribution in [0.1, 0.15) is 5.56 Å². The van der Waals surface area contributed by atoms with Crippen LogP contribution in [0.15, 0.2) is 42.3 Å². The van der Waals surface area contributed by atoms with Crippen molar-refractivity contribution in [2.24, 2.45) is 5.10 Å². The lowest BCUT2D eigenvalue weighted by molar-refractivity contribution is 0.373. The van der Waals surface area contributed by atoms with Gasteiger partial charge in [-0.2, -0.15) is 5.10 Å². The van der Waals surface area contributed by atoms with Crippen LogP contribution >= 0.6 is 23.6 Å². The summed E-state index contributed by atoms with van der Waals surface area (Å²) in [6.45, 7) is 4.33. The fourth-order valence-corrected chi connectivity index (χ4v) is 3.50. The van der Waals surface area contributed by atoms with Crippen molar-refractivity contribution in [3.63, 3.8) is 0 Å². The quantitative estimate of drug-likeness (QED) is 0.297. The second-order valence-corrected chi connectivity index (χ2v) is 6.59. The third-order valence-corrected chi connectivity index (χ3v) is 4.80. The number of rotatable bonds is 6. The summed E-state index contributed by atoms with van der Waals surface area (Å²) < 4.78 is 8.49. The molecule has 0 spiro atoms. The van der Waals surface area contributed by atoms with E-state index < -0.39 is 0 Å². The van der Waals surface area contributed by atoms with Crippen LogP contribution in [0, 0.1) is 3.95 Å². The Hall–Kier alpha value is -2.78. The summed E-state index contributed by atoms with van der Waals surface area (Å²) in [6, 6.07) is 4.95. The predicted octanol–water partition coefficient (Wildman–Crippen LogP) is 3.57. The molecule has 2 heterocycles. The van der Waals surface area contributed by atoms with E-state index in [9.17, 15) is 5.11 Å². The van der Waals surface area contributed by atoms with E-state index >= 15 is 0 Å². The van der Waals surface area contributed by atoms with Crippen LogP contribution in [0.25, 0.3) is 10.3 Å². The number of anilines is 1. The van der Waals surface area contributed by atoms with Crippen LogP contribution in [0.5, 0.6) is 11.5 Å². The van der Waals surface area contributed by atoms with Crippen molar-refractivity contribution in [1.29, 1.82) is 0 Å². The molecular formula is C16H15N5O2S2. The number of aromatic nitrogens is 3. The largest absolute Gasteiger partial charge is 0.504 e. The number of fused-ring (bicyclic) bond motifs is 1. The third-order valence-electron chi connectivity index (χ3n) is 3.35. The Labute approximate surface area is 152 Å². The number of nitrogens with one attached hydrogen (secondary N) is 1. The number of hydrogen-bond acceptors (Lipinski definition) is 8. The van der Waals surface area contributed by atoms with Gasteiger partial charge >= 0.3 is 0 Å². The number of methoxy groups -OCH3 is 1. The lowest BCUT2D eigenvalue weighted by Crippen LogP contribution is -1.99. The van der Waals surface area contributed by atoms with E-state index in [2.05, 4.69) is 27.1 Å². The van der Waals surface area contributed by atoms with E-state index in [-0.39, 0.29) is 5.75 Å². The first-order valence-electron chi connectivity index (χ1n) is 7.25. The van der Waals surface area contributed by atoms with E-state index in [1.165, 1.54) is 24.8 Å². The number of phenols is 1. The highest BCUT2D eigenvalue weighted by Gasteiger charge is 2.10. The molecule has 0 amide bonds. The molecule has 0 radical (unpaired) electrons. The normalized spacial score (nSPS) is 11.1. The maximum absolute atomic E-state index is 9.61. The monoisotopic (exact) mass is 373 g/mol. The van der Waals surface area contributed by atoms with Gasteiger partial charge in [0, 0.05) is 6.54 Å². The zero-order valence-electron chi connectivity index (χ0n) is 13.3. The average molecular weight is 373 g/mol. The molecular weight excluding hydrogens is 358 g/mol. The summed E-state index contributed by atoms with van der Waals surface area (Å²) in [7, 11) is 1.49. The topological polar surface area (TPSA) is 84.6 Å². The molecule has 0 aliphatic heterocycles. The number of thiazole rings is 1. The number of benzene rings is 1. The van der Waals surface area contributed by atoms with Crippen LogP contribution in [-0.2, 0) is 6.54 Å². The fourth-order valence-electron chi connectivity index (χ4n) is 2.19. The van der Waals surface area contributed by atoms with Crippen LogP contribution in [0.3, 0.4) is 0 Å². The molecule has 3 aromatic rings. The number of hydrogen-bond donors (Lipinski definition) is 2.